The fourth-order valence-corrected chi connectivity index (χ4v) is 7.13. The van der Waals surface area contributed by atoms with Crippen molar-refractivity contribution >= 4 is 62.0 Å². The molecule has 0 aliphatic carbocycles. The molecule has 0 atom stereocenters. The van der Waals surface area contributed by atoms with Crippen LogP contribution in [0.15, 0.2) is 58.8 Å². The summed E-state index contributed by atoms with van der Waals surface area (Å²) in [5.74, 6) is 0.180. The zero-order valence-corrected chi connectivity index (χ0v) is 29.5. The highest BCUT2D eigenvalue weighted by atomic mass is 32.1. The number of pyridine rings is 1. The van der Waals surface area contributed by atoms with E-state index in [0.717, 1.165) is 55.0 Å². The summed E-state index contributed by atoms with van der Waals surface area (Å²) in [5.41, 5.74) is 16.4. The smallest absolute Gasteiger partial charge is 0.252 e. The van der Waals surface area contributed by atoms with Gasteiger partial charge < -0.3 is 16.4 Å². The molecule has 0 aliphatic heterocycles. The number of carbonyl (C=O) groups excluding carboxylic acids is 1. The van der Waals surface area contributed by atoms with E-state index in [-0.39, 0.29) is 28.5 Å². The lowest BCUT2D eigenvalue weighted by Gasteiger charge is -2.20. The summed E-state index contributed by atoms with van der Waals surface area (Å²) < 4.78 is 2.50. The molecule has 49 heavy (non-hydrogen) atoms. The van der Waals surface area contributed by atoms with E-state index >= 15 is 0 Å². The van der Waals surface area contributed by atoms with Crippen LogP contribution in [0.2, 0.25) is 0 Å². The number of para-hydroxylation sites is 1. The first-order valence-corrected chi connectivity index (χ1v) is 16.5. The van der Waals surface area contributed by atoms with E-state index in [1.807, 2.05) is 65.8 Å². The van der Waals surface area contributed by atoms with Crippen LogP contribution in [0.3, 0.4) is 0 Å². The third kappa shape index (κ3) is 6.24. The van der Waals surface area contributed by atoms with Gasteiger partial charge in [0.1, 0.15) is 23.1 Å². The fourth-order valence-electron chi connectivity index (χ4n) is 6.21. The number of aryl methyl sites for hydroxylation is 7. The third-order valence-corrected chi connectivity index (χ3v) is 9.37. The van der Waals surface area contributed by atoms with Crippen LogP contribution >= 0.6 is 11.3 Å². The van der Waals surface area contributed by atoms with Gasteiger partial charge in [0.25, 0.3) is 5.91 Å². The lowest BCUT2D eigenvalue weighted by Crippen LogP contribution is -2.17. The minimum atomic E-state index is -0.673. The number of nitrogens with zero attached hydrogens (tertiary/aromatic N) is 7. The van der Waals surface area contributed by atoms with Crippen LogP contribution in [0.4, 0.5) is 34.5 Å². The number of primary amides is 1. The number of nitrogens with two attached hydrogens (primary N) is 1. The first-order valence-electron chi connectivity index (χ1n) is 15.7. The number of nitriles is 1. The molecule has 0 unspecified atom stereocenters. The van der Waals surface area contributed by atoms with Gasteiger partial charge in [-0.05, 0) is 95.3 Å². The molecule has 11 nitrogen and oxygen atoms in total. The van der Waals surface area contributed by atoms with Gasteiger partial charge in [-0.15, -0.1) is 10.2 Å². The number of azo groups is 1. The molecule has 0 radical (unpaired) electrons. The second-order valence-corrected chi connectivity index (χ2v) is 13.3. The van der Waals surface area contributed by atoms with Crippen LogP contribution < -0.4 is 16.4 Å². The molecular weight excluding hydrogens is 633 g/mol. The number of hydrogen-bond acceptors (Lipinski definition) is 10. The Morgan fingerprint density at radius 2 is 1.41 bits per heavy atom. The van der Waals surface area contributed by atoms with Gasteiger partial charge in [-0.3, -0.25) is 4.79 Å². The molecule has 0 spiro atoms. The van der Waals surface area contributed by atoms with Gasteiger partial charge in [-0.25, -0.2) is 9.97 Å². The summed E-state index contributed by atoms with van der Waals surface area (Å²) in [4.78, 5) is 22.8. The van der Waals surface area contributed by atoms with Crippen molar-refractivity contribution in [2.75, 3.05) is 10.6 Å². The predicted octanol–water partition coefficient (Wildman–Crippen LogP) is 9.22. The molecule has 0 saturated heterocycles. The Morgan fingerprint density at radius 1 is 0.837 bits per heavy atom. The average molecular weight is 669 g/mol. The summed E-state index contributed by atoms with van der Waals surface area (Å²) in [6, 6.07) is 18.3. The van der Waals surface area contributed by atoms with Crippen molar-refractivity contribution in [2.45, 2.75) is 55.4 Å². The zero-order chi connectivity index (χ0) is 35.1. The normalized spacial score (nSPS) is 11.3. The predicted molar refractivity (Wildman–Crippen MR) is 196 cm³/mol. The minimum absolute atomic E-state index is 0.174. The van der Waals surface area contributed by atoms with Crippen molar-refractivity contribution in [2.24, 2.45) is 16.0 Å². The molecule has 0 aliphatic rings. The summed E-state index contributed by atoms with van der Waals surface area (Å²) in [7, 11) is 0. The molecule has 3 heterocycles. The molecule has 6 aromatic rings. The maximum Gasteiger partial charge on any atom is 0.252 e. The Hall–Kier alpha value is -5.93. The number of hydrogen-bond donors (Lipinski definition) is 3. The number of anilines is 4. The van der Waals surface area contributed by atoms with Crippen molar-refractivity contribution in [3.05, 3.63) is 104 Å². The van der Waals surface area contributed by atoms with Crippen molar-refractivity contribution < 1.29 is 4.79 Å². The Bertz CT molecular complexity index is 2300. The molecule has 246 valence electrons. The van der Waals surface area contributed by atoms with E-state index in [1.54, 1.807) is 13.8 Å². The van der Waals surface area contributed by atoms with Gasteiger partial charge in [-0.1, -0.05) is 58.9 Å². The lowest BCUT2D eigenvalue weighted by molar-refractivity contribution is 0.100. The molecule has 6 rings (SSSR count). The van der Waals surface area contributed by atoms with Gasteiger partial charge in [-0.2, -0.15) is 15.0 Å². The molecule has 4 N–H and O–H groups in total. The van der Waals surface area contributed by atoms with Crippen LogP contribution in [-0.4, -0.2) is 25.7 Å². The molecule has 0 fully saturated rings. The highest BCUT2D eigenvalue weighted by molar-refractivity contribution is 7.20. The van der Waals surface area contributed by atoms with Crippen molar-refractivity contribution in [1.82, 2.24) is 19.7 Å². The summed E-state index contributed by atoms with van der Waals surface area (Å²) in [6.07, 6.45) is 0. The van der Waals surface area contributed by atoms with Crippen LogP contribution in [-0.2, 0) is 0 Å². The monoisotopic (exact) mass is 668 g/mol. The number of fused-ring (bicyclic) bond motifs is 1. The number of amides is 1. The summed E-state index contributed by atoms with van der Waals surface area (Å²) >= 11 is 1.43. The van der Waals surface area contributed by atoms with E-state index in [2.05, 4.69) is 56.3 Å². The standard InChI is InChI=1S/C37H36N10OS/c1-18-13-20(3)30(21(4)14-18)41-34-29(33(39)48)24(7)32(35(43-34)42-31-22(5)15-19(2)16-23(31)6)44-45-36-26(17-38)25(8)46-47(36)37-40-27-11-9-10-12-28(27)49-37/h9-16H,1-8H3,(H2,39,48)(H2,41,42,43). The van der Waals surface area contributed by atoms with Crippen molar-refractivity contribution in [3.8, 4) is 11.2 Å². The van der Waals surface area contributed by atoms with Crippen molar-refractivity contribution in [3.63, 3.8) is 0 Å². The van der Waals surface area contributed by atoms with E-state index in [1.165, 1.54) is 16.0 Å². The van der Waals surface area contributed by atoms with E-state index in [4.69, 9.17) is 15.7 Å². The quantitative estimate of drug-likeness (QED) is 0.136. The fraction of sp³-hybridized carbons (Fsp3) is 0.216. The van der Waals surface area contributed by atoms with Crippen LogP contribution in [0.1, 0.15) is 60.6 Å². The summed E-state index contributed by atoms with van der Waals surface area (Å²) in [6.45, 7) is 15.6. The molecule has 12 heteroatoms. The van der Waals surface area contributed by atoms with E-state index in [0.29, 0.717) is 22.2 Å². The van der Waals surface area contributed by atoms with Crippen molar-refractivity contribution in [1.29, 1.82) is 5.26 Å². The SMILES string of the molecule is Cc1cc(C)c(Nc2nc(Nc3c(C)cc(C)cc3C)c(C(N)=O)c(C)c2N=Nc2c(C#N)c(C)nn2-c2nc3ccccc3s2)c(C)c1. The Kier molecular flexibility index (Phi) is 8.71. The highest BCUT2D eigenvalue weighted by Crippen LogP contribution is 2.40. The van der Waals surface area contributed by atoms with Gasteiger partial charge in [0.05, 0.1) is 21.5 Å². The number of rotatable bonds is 8. The van der Waals surface area contributed by atoms with Gasteiger partial charge >= 0.3 is 0 Å². The minimum Gasteiger partial charge on any atom is -0.365 e. The third-order valence-electron chi connectivity index (χ3n) is 8.36. The molecular formula is C37H36N10OS. The number of carbonyl (C=O) groups is 1. The first-order chi connectivity index (χ1) is 23.4. The number of thiazole rings is 1. The topological polar surface area (TPSA) is 159 Å². The first kappa shape index (κ1) is 33.0. The van der Waals surface area contributed by atoms with E-state index < -0.39 is 5.91 Å². The maximum atomic E-state index is 13.1. The number of aromatic nitrogens is 4. The van der Waals surface area contributed by atoms with Crippen LogP contribution in [0, 0.1) is 66.7 Å². The van der Waals surface area contributed by atoms with Gasteiger partial charge in [0.15, 0.2) is 11.6 Å². The molecule has 3 aromatic heterocycles. The lowest BCUT2D eigenvalue weighted by atomic mass is 10.0. The maximum absolute atomic E-state index is 13.1. The molecule has 1 amide bonds. The largest absolute Gasteiger partial charge is 0.365 e. The average Bonchev–Trinajstić information content (AvgIpc) is 3.60. The van der Waals surface area contributed by atoms with Gasteiger partial charge in [0.2, 0.25) is 5.13 Å². The Labute approximate surface area is 288 Å². The zero-order valence-electron chi connectivity index (χ0n) is 28.6. The van der Waals surface area contributed by atoms with Crippen LogP contribution in [0.5, 0.6) is 0 Å². The number of benzene rings is 3. The molecule has 3 aromatic carbocycles. The van der Waals surface area contributed by atoms with Gasteiger partial charge in [0, 0.05) is 11.4 Å². The highest BCUT2D eigenvalue weighted by Gasteiger charge is 2.24. The second-order valence-electron chi connectivity index (χ2n) is 12.3. The van der Waals surface area contributed by atoms with E-state index in [9.17, 15) is 10.1 Å². The molecule has 0 bridgehead atoms. The molecule has 0 saturated carbocycles. The summed E-state index contributed by atoms with van der Waals surface area (Å²) in [5, 5.41) is 31.4. The number of nitrogens with one attached hydrogen (secondary N) is 2. The van der Waals surface area contributed by atoms with Crippen LogP contribution in [0.25, 0.3) is 15.3 Å². The Balaban J connectivity index is 1.56. The Morgan fingerprint density at radius 3 is 1.96 bits per heavy atom. The second kappa shape index (κ2) is 12.9.